The van der Waals surface area contributed by atoms with Crippen LogP contribution in [0.25, 0.3) is 11.6 Å². The van der Waals surface area contributed by atoms with E-state index in [-0.39, 0.29) is 5.56 Å². The van der Waals surface area contributed by atoms with Gasteiger partial charge in [-0.25, -0.2) is 9.48 Å². The molecule has 0 aliphatic rings. The number of rotatable bonds is 3. The normalized spacial score (nSPS) is 10.8. The molecule has 8 nitrogen and oxygen atoms in total. The van der Waals surface area contributed by atoms with Crippen molar-refractivity contribution in [2.24, 2.45) is 0 Å². The summed E-state index contributed by atoms with van der Waals surface area (Å²) in [6.45, 7) is 3.32. The maximum atomic E-state index is 11.3. The van der Waals surface area contributed by atoms with Crippen LogP contribution < -0.4 is 0 Å². The fourth-order valence-corrected chi connectivity index (χ4v) is 2.20. The quantitative estimate of drug-likeness (QED) is 0.775. The molecule has 0 aliphatic heterocycles. The van der Waals surface area contributed by atoms with Gasteiger partial charge in [0.2, 0.25) is 0 Å². The minimum Gasteiger partial charge on any atom is -0.478 e. The number of tetrazole rings is 1. The van der Waals surface area contributed by atoms with E-state index in [0.29, 0.717) is 17.3 Å². The zero-order valence-electron chi connectivity index (χ0n) is 11.4. The van der Waals surface area contributed by atoms with Gasteiger partial charge in [0.05, 0.1) is 17.1 Å². The van der Waals surface area contributed by atoms with Gasteiger partial charge in [0.1, 0.15) is 5.56 Å². The molecule has 3 aromatic rings. The van der Waals surface area contributed by atoms with E-state index in [1.807, 2.05) is 30.3 Å². The van der Waals surface area contributed by atoms with Gasteiger partial charge in [0, 0.05) is 0 Å². The van der Waals surface area contributed by atoms with Crippen LogP contribution in [0.1, 0.15) is 21.7 Å². The molecule has 0 fully saturated rings. The topological polar surface area (TPSA) is 98.7 Å². The second-order valence-corrected chi connectivity index (χ2v) is 4.49. The highest BCUT2D eigenvalue weighted by Gasteiger charge is 2.21. The van der Waals surface area contributed by atoms with Crippen molar-refractivity contribution >= 4 is 5.97 Å². The summed E-state index contributed by atoms with van der Waals surface area (Å²) in [6, 6.07) is 9.32. The Balaban J connectivity index is 2.18. The number of carbonyl (C=O) groups is 1. The number of aryl methyl sites for hydroxylation is 1. The Labute approximate surface area is 119 Å². The molecule has 3 rings (SSSR count). The van der Waals surface area contributed by atoms with Crippen molar-refractivity contribution in [2.75, 3.05) is 0 Å². The lowest BCUT2D eigenvalue weighted by atomic mass is 10.2. The van der Waals surface area contributed by atoms with E-state index in [0.717, 1.165) is 5.69 Å². The Hall–Kier alpha value is -3.03. The van der Waals surface area contributed by atoms with Crippen molar-refractivity contribution in [3.8, 4) is 11.6 Å². The van der Waals surface area contributed by atoms with Gasteiger partial charge in [-0.3, -0.25) is 0 Å². The minimum absolute atomic E-state index is 0.164. The highest BCUT2D eigenvalue weighted by molar-refractivity contribution is 5.90. The Bertz CT molecular complexity index is 805. The number of nitrogens with zero attached hydrogens (tertiary/aromatic N) is 6. The van der Waals surface area contributed by atoms with Gasteiger partial charge in [-0.15, -0.1) is 0 Å². The smallest absolute Gasteiger partial charge is 0.339 e. The van der Waals surface area contributed by atoms with Gasteiger partial charge in [-0.2, -0.15) is 9.78 Å². The molecule has 0 radical (unpaired) electrons. The van der Waals surface area contributed by atoms with Gasteiger partial charge in [0.15, 0.2) is 0 Å². The highest BCUT2D eigenvalue weighted by atomic mass is 16.4. The van der Waals surface area contributed by atoms with Crippen molar-refractivity contribution in [1.29, 1.82) is 0 Å². The average molecular weight is 284 g/mol. The second-order valence-electron chi connectivity index (χ2n) is 4.49. The molecule has 0 unspecified atom stereocenters. The molecule has 1 N–H and O–H groups in total. The van der Waals surface area contributed by atoms with E-state index in [9.17, 15) is 9.90 Å². The van der Waals surface area contributed by atoms with Crippen molar-refractivity contribution in [2.45, 2.75) is 13.8 Å². The first-order valence-corrected chi connectivity index (χ1v) is 6.23. The molecule has 0 spiro atoms. The van der Waals surface area contributed by atoms with Crippen LogP contribution in [0.5, 0.6) is 0 Å². The molecule has 2 aromatic heterocycles. The predicted octanol–water partition coefficient (Wildman–Crippen LogP) is 1.16. The molecule has 8 heteroatoms. The largest absolute Gasteiger partial charge is 0.478 e. The van der Waals surface area contributed by atoms with E-state index in [1.165, 1.54) is 9.36 Å². The number of carboxylic acid groups (broad SMARTS) is 1. The molecule has 0 saturated carbocycles. The Morgan fingerprint density at radius 3 is 2.48 bits per heavy atom. The summed E-state index contributed by atoms with van der Waals surface area (Å²) in [4.78, 5) is 11.3. The summed E-state index contributed by atoms with van der Waals surface area (Å²) < 4.78 is 2.94. The number of para-hydroxylation sites is 1. The summed E-state index contributed by atoms with van der Waals surface area (Å²) in [5, 5.41) is 25.0. The molecule has 106 valence electrons. The van der Waals surface area contributed by atoms with Crippen LogP contribution in [0, 0.1) is 13.8 Å². The summed E-state index contributed by atoms with van der Waals surface area (Å²) in [6.07, 6.45) is 0. The van der Waals surface area contributed by atoms with E-state index in [1.54, 1.807) is 13.8 Å². The Kier molecular flexibility index (Phi) is 2.98. The second kappa shape index (κ2) is 4.82. The lowest BCUT2D eigenvalue weighted by Gasteiger charge is -2.05. The third-order valence-electron chi connectivity index (χ3n) is 3.15. The van der Waals surface area contributed by atoms with Crippen LogP contribution in [-0.2, 0) is 0 Å². The number of carboxylic acids is 1. The number of benzene rings is 1. The van der Waals surface area contributed by atoms with Gasteiger partial charge < -0.3 is 5.11 Å². The van der Waals surface area contributed by atoms with E-state index >= 15 is 0 Å². The van der Waals surface area contributed by atoms with Gasteiger partial charge in [-0.05, 0) is 36.4 Å². The molecule has 0 aliphatic carbocycles. The summed E-state index contributed by atoms with van der Waals surface area (Å²) in [7, 11) is 0. The summed E-state index contributed by atoms with van der Waals surface area (Å²) >= 11 is 0. The number of aromatic nitrogens is 6. The van der Waals surface area contributed by atoms with E-state index < -0.39 is 5.97 Å². The molecule has 0 bridgehead atoms. The molecule has 21 heavy (non-hydrogen) atoms. The van der Waals surface area contributed by atoms with E-state index in [2.05, 4.69) is 20.6 Å². The molecule has 2 heterocycles. The van der Waals surface area contributed by atoms with Crippen LogP contribution in [0.15, 0.2) is 30.3 Å². The maximum absolute atomic E-state index is 11.3. The van der Waals surface area contributed by atoms with Crippen molar-refractivity contribution in [1.82, 2.24) is 30.0 Å². The fourth-order valence-electron chi connectivity index (χ4n) is 2.20. The SMILES string of the molecule is Cc1nn(-c2nnnn2-c2ccccc2)c(C)c1C(=O)O. The highest BCUT2D eigenvalue weighted by Crippen LogP contribution is 2.18. The average Bonchev–Trinajstić information content (AvgIpc) is 3.04. The number of aromatic carboxylic acids is 1. The fraction of sp³-hybridized carbons (Fsp3) is 0.154. The zero-order valence-corrected chi connectivity index (χ0v) is 11.4. The summed E-state index contributed by atoms with van der Waals surface area (Å²) in [5.74, 6) is -0.677. The summed E-state index contributed by atoms with van der Waals surface area (Å²) in [5.41, 5.74) is 1.83. The first kappa shape index (κ1) is 13.0. The zero-order chi connectivity index (χ0) is 15.0. The van der Waals surface area contributed by atoms with E-state index in [4.69, 9.17) is 0 Å². The molecule has 0 amide bonds. The maximum Gasteiger partial charge on any atom is 0.339 e. The number of hydrogen-bond donors (Lipinski definition) is 1. The van der Waals surface area contributed by atoms with Crippen molar-refractivity contribution < 1.29 is 9.90 Å². The third kappa shape index (κ3) is 2.06. The lowest BCUT2D eigenvalue weighted by molar-refractivity contribution is 0.0695. The molecule has 0 atom stereocenters. The van der Waals surface area contributed by atoms with Crippen LogP contribution in [0.3, 0.4) is 0 Å². The van der Waals surface area contributed by atoms with Gasteiger partial charge >= 0.3 is 5.97 Å². The monoisotopic (exact) mass is 284 g/mol. The molecule has 0 saturated heterocycles. The van der Waals surface area contributed by atoms with Crippen LogP contribution in [0.2, 0.25) is 0 Å². The van der Waals surface area contributed by atoms with Crippen molar-refractivity contribution in [3.63, 3.8) is 0 Å². The van der Waals surface area contributed by atoms with Gasteiger partial charge in [-0.1, -0.05) is 23.3 Å². The van der Waals surface area contributed by atoms with Gasteiger partial charge in [0.25, 0.3) is 5.95 Å². The third-order valence-corrected chi connectivity index (χ3v) is 3.15. The van der Waals surface area contributed by atoms with Crippen LogP contribution >= 0.6 is 0 Å². The minimum atomic E-state index is -1.02. The van der Waals surface area contributed by atoms with Crippen molar-refractivity contribution in [3.05, 3.63) is 47.3 Å². The Morgan fingerprint density at radius 1 is 1.14 bits per heavy atom. The first-order valence-electron chi connectivity index (χ1n) is 6.23. The molecule has 1 aromatic carbocycles. The predicted molar refractivity (Wildman–Crippen MR) is 72.7 cm³/mol. The lowest BCUT2D eigenvalue weighted by Crippen LogP contribution is -2.10. The Morgan fingerprint density at radius 2 is 1.86 bits per heavy atom. The first-order chi connectivity index (χ1) is 10.1. The molecular weight excluding hydrogens is 272 g/mol. The number of hydrogen-bond acceptors (Lipinski definition) is 5. The van der Waals surface area contributed by atoms with Crippen LogP contribution in [0.4, 0.5) is 0 Å². The molecular formula is C13H12N6O2. The van der Waals surface area contributed by atoms with Crippen LogP contribution in [-0.4, -0.2) is 41.1 Å². The standard InChI is InChI=1S/C13H12N6O2/c1-8-11(12(20)21)9(2)18(15-8)13-14-16-17-19(13)10-6-4-3-5-7-10/h3-7H,1-2H3,(H,20,21).